The van der Waals surface area contributed by atoms with E-state index < -0.39 is 0 Å². The number of benzene rings is 1. The normalized spacial score (nSPS) is 11.0. The van der Waals surface area contributed by atoms with Crippen LogP contribution in [0.15, 0.2) is 55.1 Å². The highest BCUT2D eigenvalue weighted by Gasteiger charge is 2.09. The average Bonchev–Trinajstić information content (AvgIpc) is 3.17. The zero-order chi connectivity index (χ0) is 13.4. The molecule has 1 aromatic carbocycles. The number of aromatic amines is 2. The van der Waals surface area contributed by atoms with Gasteiger partial charge in [-0.05, 0) is 29.8 Å². The highest BCUT2D eigenvalue weighted by Crippen LogP contribution is 2.29. The first-order valence-electron chi connectivity index (χ1n) is 6.29. The van der Waals surface area contributed by atoms with E-state index in [2.05, 4.69) is 37.5 Å². The predicted octanol–water partition coefficient (Wildman–Crippen LogP) is 3.02. The predicted molar refractivity (Wildman–Crippen MR) is 76.9 cm³/mol. The number of fused-ring (bicyclic) bond motifs is 1. The van der Waals surface area contributed by atoms with E-state index in [4.69, 9.17) is 0 Å². The van der Waals surface area contributed by atoms with Gasteiger partial charge in [0.05, 0.1) is 11.7 Å². The van der Waals surface area contributed by atoms with Crippen molar-refractivity contribution in [3.8, 4) is 22.4 Å². The summed E-state index contributed by atoms with van der Waals surface area (Å²) in [5, 5.41) is 15.4. The minimum Gasteiger partial charge on any atom is -0.285 e. The molecule has 5 nitrogen and oxygen atoms in total. The Bertz CT molecular complexity index is 847. The van der Waals surface area contributed by atoms with Crippen molar-refractivity contribution in [3.05, 3.63) is 55.1 Å². The number of hydrogen-bond acceptors (Lipinski definition) is 3. The third-order valence-corrected chi connectivity index (χ3v) is 3.35. The quantitative estimate of drug-likeness (QED) is 0.582. The van der Waals surface area contributed by atoms with Crippen molar-refractivity contribution in [2.45, 2.75) is 0 Å². The Hall–Kier alpha value is -2.95. The van der Waals surface area contributed by atoms with E-state index in [1.807, 2.05) is 30.6 Å². The van der Waals surface area contributed by atoms with Gasteiger partial charge in [-0.15, -0.1) is 0 Å². The summed E-state index contributed by atoms with van der Waals surface area (Å²) in [6, 6.07) is 10.1. The molecule has 0 radical (unpaired) electrons. The molecule has 3 heterocycles. The Balaban J connectivity index is 1.93. The molecule has 3 aromatic heterocycles. The second-order valence-electron chi connectivity index (χ2n) is 4.56. The van der Waals surface area contributed by atoms with Crippen molar-refractivity contribution in [2.75, 3.05) is 0 Å². The molecule has 0 fully saturated rings. The largest absolute Gasteiger partial charge is 0.285 e. The lowest BCUT2D eigenvalue weighted by Crippen LogP contribution is -1.80. The van der Waals surface area contributed by atoms with E-state index in [0.29, 0.717) is 0 Å². The van der Waals surface area contributed by atoms with Crippen LogP contribution in [0.5, 0.6) is 0 Å². The summed E-state index contributed by atoms with van der Waals surface area (Å²) in [6.45, 7) is 0. The number of rotatable bonds is 2. The number of pyridine rings is 1. The third kappa shape index (κ3) is 1.68. The summed E-state index contributed by atoms with van der Waals surface area (Å²) in [5.74, 6) is 0. The molecule has 0 atom stereocenters. The van der Waals surface area contributed by atoms with Gasteiger partial charge in [-0.2, -0.15) is 10.2 Å². The van der Waals surface area contributed by atoms with Gasteiger partial charge in [0.25, 0.3) is 0 Å². The molecule has 0 saturated heterocycles. The number of nitrogens with zero attached hydrogens (tertiary/aromatic N) is 3. The van der Waals surface area contributed by atoms with Gasteiger partial charge in [-0.1, -0.05) is 6.07 Å². The van der Waals surface area contributed by atoms with Crippen LogP contribution in [0.25, 0.3) is 33.3 Å². The van der Waals surface area contributed by atoms with Crippen LogP contribution < -0.4 is 0 Å². The molecule has 0 aliphatic rings. The molecular formula is C15H11N5. The molecule has 0 saturated carbocycles. The molecule has 0 aliphatic heterocycles. The molecular weight excluding hydrogens is 250 g/mol. The topological polar surface area (TPSA) is 70.2 Å². The smallest absolute Gasteiger partial charge is 0.100 e. The number of hydrogen-bond donors (Lipinski definition) is 2. The molecule has 5 heteroatoms. The van der Waals surface area contributed by atoms with Gasteiger partial charge in [0.15, 0.2) is 0 Å². The zero-order valence-electron chi connectivity index (χ0n) is 10.5. The van der Waals surface area contributed by atoms with E-state index in [1.54, 1.807) is 12.4 Å². The van der Waals surface area contributed by atoms with Gasteiger partial charge in [0.2, 0.25) is 0 Å². The summed E-state index contributed by atoms with van der Waals surface area (Å²) in [4.78, 5) is 4.04. The van der Waals surface area contributed by atoms with E-state index in [0.717, 1.165) is 33.3 Å². The lowest BCUT2D eigenvalue weighted by atomic mass is 10.0. The van der Waals surface area contributed by atoms with Crippen LogP contribution in [-0.4, -0.2) is 25.4 Å². The van der Waals surface area contributed by atoms with Gasteiger partial charge < -0.3 is 0 Å². The molecule has 0 unspecified atom stereocenters. The van der Waals surface area contributed by atoms with Crippen LogP contribution in [0.1, 0.15) is 0 Å². The van der Waals surface area contributed by atoms with Gasteiger partial charge in [-0.3, -0.25) is 15.2 Å². The van der Waals surface area contributed by atoms with Gasteiger partial charge >= 0.3 is 0 Å². The van der Waals surface area contributed by atoms with E-state index >= 15 is 0 Å². The van der Waals surface area contributed by atoms with Crippen molar-refractivity contribution in [2.24, 2.45) is 0 Å². The van der Waals surface area contributed by atoms with Crippen molar-refractivity contribution in [3.63, 3.8) is 0 Å². The van der Waals surface area contributed by atoms with Gasteiger partial charge in [0, 0.05) is 35.1 Å². The van der Waals surface area contributed by atoms with E-state index in [9.17, 15) is 0 Å². The lowest BCUT2D eigenvalue weighted by Gasteiger charge is -2.00. The first-order chi connectivity index (χ1) is 9.92. The van der Waals surface area contributed by atoms with Gasteiger partial charge in [0.1, 0.15) is 5.69 Å². The van der Waals surface area contributed by atoms with Crippen LogP contribution in [-0.2, 0) is 0 Å². The van der Waals surface area contributed by atoms with E-state index in [1.165, 1.54) is 0 Å². The fourth-order valence-electron chi connectivity index (χ4n) is 2.33. The SMILES string of the molecule is c1cc(-c2n[nH]c3ccc(-c4cn[nH]c4)cc23)ccn1. The Morgan fingerprint density at radius 2 is 1.80 bits per heavy atom. The molecule has 20 heavy (non-hydrogen) atoms. The first-order valence-corrected chi connectivity index (χ1v) is 6.29. The Morgan fingerprint density at radius 3 is 2.60 bits per heavy atom. The Kier molecular flexibility index (Phi) is 2.35. The molecule has 96 valence electrons. The Morgan fingerprint density at radius 1 is 0.900 bits per heavy atom. The third-order valence-electron chi connectivity index (χ3n) is 3.35. The highest BCUT2D eigenvalue weighted by molar-refractivity contribution is 5.95. The number of nitrogens with one attached hydrogen (secondary N) is 2. The van der Waals surface area contributed by atoms with Gasteiger partial charge in [-0.25, -0.2) is 0 Å². The van der Waals surface area contributed by atoms with Crippen LogP contribution in [0.2, 0.25) is 0 Å². The summed E-state index contributed by atoms with van der Waals surface area (Å²) < 4.78 is 0. The molecule has 0 aliphatic carbocycles. The summed E-state index contributed by atoms with van der Waals surface area (Å²) >= 11 is 0. The lowest BCUT2D eigenvalue weighted by molar-refractivity contribution is 1.09. The molecule has 4 rings (SSSR count). The van der Waals surface area contributed by atoms with Crippen molar-refractivity contribution in [1.82, 2.24) is 25.4 Å². The summed E-state index contributed by atoms with van der Waals surface area (Å²) in [6.07, 6.45) is 7.24. The number of aromatic nitrogens is 5. The van der Waals surface area contributed by atoms with Crippen LogP contribution >= 0.6 is 0 Å². The first kappa shape index (κ1) is 10.9. The maximum atomic E-state index is 4.41. The molecule has 2 N–H and O–H groups in total. The average molecular weight is 261 g/mol. The van der Waals surface area contributed by atoms with Crippen LogP contribution in [0.4, 0.5) is 0 Å². The zero-order valence-corrected chi connectivity index (χ0v) is 10.5. The fraction of sp³-hybridized carbons (Fsp3) is 0. The van der Waals surface area contributed by atoms with Crippen molar-refractivity contribution < 1.29 is 0 Å². The second-order valence-corrected chi connectivity index (χ2v) is 4.56. The molecule has 4 aromatic rings. The minimum atomic E-state index is 0.938. The maximum absolute atomic E-state index is 4.41. The standard InChI is InChI=1S/C15H11N5/c1-2-14-13(7-11(1)12-8-17-18-9-12)15(20-19-14)10-3-5-16-6-4-10/h1-9H,(H,17,18)(H,19,20). The van der Waals surface area contributed by atoms with E-state index in [-0.39, 0.29) is 0 Å². The molecule has 0 spiro atoms. The monoisotopic (exact) mass is 261 g/mol. The summed E-state index contributed by atoms with van der Waals surface area (Å²) in [5.41, 5.74) is 5.18. The van der Waals surface area contributed by atoms with Crippen LogP contribution in [0, 0.1) is 0 Å². The minimum absolute atomic E-state index is 0.938. The van der Waals surface area contributed by atoms with Crippen molar-refractivity contribution >= 4 is 10.9 Å². The molecule has 0 bridgehead atoms. The number of H-pyrrole nitrogens is 2. The van der Waals surface area contributed by atoms with Crippen LogP contribution in [0.3, 0.4) is 0 Å². The Labute approximate surface area is 114 Å². The maximum Gasteiger partial charge on any atom is 0.100 e. The van der Waals surface area contributed by atoms with Crippen molar-refractivity contribution in [1.29, 1.82) is 0 Å². The second kappa shape index (κ2) is 4.31. The fourth-order valence-corrected chi connectivity index (χ4v) is 2.33. The molecule has 0 amide bonds. The highest BCUT2D eigenvalue weighted by atomic mass is 15.1. The summed E-state index contributed by atoms with van der Waals surface area (Å²) in [7, 11) is 0.